The number of ether oxygens (including phenoxy) is 2. The maximum absolute atomic E-state index is 12.4. The van der Waals surface area contributed by atoms with Crippen LogP contribution in [0.4, 0.5) is 4.79 Å². The first-order chi connectivity index (χ1) is 10.8. The molecule has 0 radical (unpaired) electrons. The number of nitrogens with zero attached hydrogens (tertiary/aromatic N) is 2. The number of carbonyl (C=O) groups is 1. The molecule has 0 aliphatic carbocycles. The lowest BCUT2D eigenvalue weighted by atomic mass is 9.86. The molecule has 0 bridgehead atoms. The molecule has 1 amide bonds. The second-order valence-corrected chi connectivity index (χ2v) is 7.61. The van der Waals surface area contributed by atoms with E-state index < -0.39 is 11.2 Å². The minimum Gasteiger partial charge on any atom is -0.444 e. The third-order valence-electron chi connectivity index (χ3n) is 3.78. The fraction of sp³-hybridized carbons (Fsp3) is 0.647. The van der Waals surface area contributed by atoms with Crippen molar-refractivity contribution in [1.82, 2.24) is 9.88 Å². The zero-order valence-electron chi connectivity index (χ0n) is 14.3. The van der Waals surface area contributed by atoms with Crippen molar-refractivity contribution in [3.05, 3.63) is 28.5 Å². The fourth-order valence-electron chi connectivity index (χ4n) is 2.86. The van der Waals surface area contributed by atoms with Crippen molar-refractivity contribution in [2.45, 2.75) is 51.7 Å². The monoisotopic (exact) mass is 384 g/mol. The second kappa shape index (κ2) is 7.18. The Balaban J connectivity index is 2.22. The first-order valence-corrected chi connectivity index (χ1v) is 8.79. The van der Waals surface area contributed by atoms with Gasteiger partial charge in [0.05, 0.1) is 6.54 Å². The summed E-state index contributed by atoms with van der Waals surface area (Å²) in [5.41, 5.74) is -0.0182. The number of pyridine rings is 1. The van der Waals surface area contributed by atoms with E-state index in [4.69, 9.17) is 9.47 Å². The summed E-state index contributed by atoms with van der Waals surface area (Å²) in [5.74, 6) is 0. The Labute approximate surface area is 146 Å². The van der Waals surface area contributed by atoms with E-state index in [0.29, 0.717) is 19.7 Å². The summed E-state index contributed by atoms with van der Waals surface area (Å²) in [4.78, 5) is 18.5. The third kappa shape index (κ3) is 4.67. The molecule has 0 aromatic carbocycles. The van der Waals surface area contributed by atoms with Crippen LogP contribution in [0.2, 0.25) is 0 Å². The topological polar surface area (TPSA) is 51.7 Å². The number of hydrogen-bond donors (Lipinski definition) is 0. The van der Waals surface area contributed by atoms with Crippen LogP contribution in [0, 0.1) is 0 Å². The van der Waals surface area contributed by atoms with Gasteiger partial charge in [0.25, 0.3) is 0 Å². The van der Waals surface area contributed by atoms with E-state index in [2.05, 4.69) is 20.9 Å². The van der Waals surface area contributed by atoms with Crippen molar-refractivity contribution >= 4 is 22.0 Å². The lowest BCUT2D eigenvalue weighted by Gasteiger charge is -2.42. The molecule has 1 aromatic rings. The van der Waals surface area contributed by atoms with E-state index in [-0.39, 0.29) is 6.09 Å². The fourth-order valence-corrected chi connectivity index (χ4v) is 3.10. The van der Waals surface area contributed by atoms with E-state index in [1.807, 2.05) is 46.0 Å². The highest BCUT2D eigenvalue weighted by Gasteiger charge is 2.40. The second-order valence-electron chi connectivity index (χ2n) is 6.80. The molecule has 6 heteroatoms. The lowest BCUT2D eigenvalue weighted by molar-refractivity contribution is -0.0925. The Morgan fingerprint density at radius 1 is 1.43 bits per heavy atom. The smallest absolute Gasteiger partial charge is 0.410 e. The molecule has 5 nitrogen and oxygen atoms in total. The van der Waals surface area contributed by atoms with E-state index in [9.17, 15) is 4.79 Å². The summed E-state index contributed by atoms with van der Waals surface area (Å²) in [6.07, 6.45) is 3.27. The molecule has 2 heterocycles. The Morgan fingerprint density at radius 3 is 2.74 bits per heavy atom. The van der Waals surface area contributed by atoms with Crippen molar-refractivity contribution in [2.24, 2.45) is 0 Å². The van der Waals surface area contributed by atoms with Gasteiger partial charge in [-0.2, -0.15) is 0 Å². The predicted molar refractivity (Wildman–Crippen MR) is 92.3 cm³/mol. The van der Waals surface area contributed by atoms with E-state index in [1.165, 1.54) is 0 Å². The molecule has 0 spiro atoms. The number of halogens is 1. The lowest BCUT2D eigenvalue weighted by Crippen LogP contribution is -2.51. The Bertz CT molecular complexity index is 538. The van der Waals surface area contributed by atoms with Crippen LogP contribution in [-0.4, -0.2) is 41.3 Å². The van der Waals surface area contributed by atoms with Gasteiger partial charge in [0.15, 0.2) is 0 Å². The first kappa shape index (κ1) is 18.2. The number of likely N-dealkylation sites (tertiary alicyclic amines) is 1. The van der Waals surface area contributed by atoms with Gasteiger partial charge in [-0.3, -0.25) is 0 Å². The first-order valence-electron chi connectivity index (χ1n) is 8.00. The highest BCUT2D eigenvalue weighted by atomic mass is 79.9. The van der Waals surface area contributed by atoms with Crippen molar-refractivity contribution in [2.75, 3.05) is 19.7 Å². The van der Waals surface area contributed by atoms with Gasteiger partial charge in [-0.25, -0.2) is 9.78 Å². The number of carbonyl (C=O) groups excluding carboxylic acids is 1. The zero-order chi connectivity index (χ0) is 17.1. The van der Waals surface area contributed by atoms with Gasteiger partial charge in [-0.1, -0.05) is 6.07 Å². The molecule has 1 atom stereocenters. The van der Waals surface area contributed by atoms with Crippen LogP contribution >= 0.6 is 15.9 Å². The summed E-state index contributed by atoms with van der Waals surface area (Å²) >= 11 is 3.36. The summed E-state index contributed by atoms with van der Waals surface area (Å²) in [5, 5.41) is 0. The highest BCUT2D eigenvalue weighted by Crippen LogP contribution is 2.36. The van der Waals surface area contributed by atoms with Crippen LogP contribution in [-0.2, 0) is 15.1 Å². The van der Waals surface area contributed by atoms with Gasteiger partial charge < -0.3 is 14.4 Å². The van der Waals surface area contributed by atoms with E-state index in [0.717, 1.165) is 23.0 Å². The maximum atomic E-state index is 12.4. The van der Waals surface area contributed by atoms with E-state index >= 15 is 0 Å². The van der Waals surface area contributed by atoms with Crippen LogP contribution in [0.15, 0.2) is 22.9 Å². The Kier molecular flexibility index (Phi) is 5.68. The average Bonchev–Trinajstić information content (AvgIpc) is 2.46. The molecule has 0 saturated carbocycles. The Morgan fingerprint density at radius 2 is 2.17 bits per heavy atom. The minimum absolute atomic E-state index is 0.286. The number of rotatable bonds is 3. The zero-order valence-corrected chi connectivity index (χ0v) is 15.9. The number of piperidine rings is 1. The van der Waals surface area contributed by atoms with Crippen LogP contribution < -0.4 is 0 Å². The normalized spacial score (nSPS) is 22.0. The molecule has 128 valence electrons. The van der Waals surface area contributed by atoms with Crippen molar-refractivity contribution in [3.63, 3.8) is 0 Å². The molecule has 1 saturated heterocycles. The quantitative estimate of drug-likeness (QED) is 0.735. The standard InChI is InChI=1S/C17H25BrN2O3/c1-5-22-17(13-7-8-14(18)19-11-13)9-6-10-20(12-17)15(21)23-16(2,3)4/h7-8,11H,5-6,9-10,12H2,1-4H3. The number of hydrogen-bond acceptors (Lipinski definition) is 4. The largest absolute Gasteiger partial charge is 0.444 e. The Hall–Kier alpha value is -1.14. The van der Waals surface area contributed by atoms with Gasteiger partial charge in [0.1, 0.15) is 15.8 Å². The third-order valence-corrected chi connectivity index (χ3v) is 4.25. The van der Waals surface area contributed by atoms with Crippen molar-refractivity contribution in [1.29, 1.82) is 0 Å². The number of amides is 1. The predicted octanol–water partition coefficient (Wildman–Crippen LogP) is 4.11. The summed E-state index contributed by atoms with van der Waals surface area (Å²) in [7, 11) is 0. The highest BCUT2D eigenvalue weighted by molar-refractivity contribution is 9.10. The molecule has 23 heavy (non-hydrogen) atoms. The van der Waals surface area contributed by atoms with Gasteiger partial charge in [0.2, 0.25) is 0 Å². The summed E-state index contributed by atoms with van der Waals surface area (Å²) in [6.45, 7) is 9.36. The van der Waals surface area contributed by atoms with Gasteiger partial charge in [-0.15, -0.1) is 0 Å². The molecule has 1 unspecified atom stereocenters. The van der Waals surface area contributed by atoms with Crippen molar-refractivity contribution in [3.8, 4) is 0 Å². The molecule has 1 aliphatic heterocycles. The van der Waals surface area contributed by atoms with Gasteiger partial charge >= 0.3 is 6.09 Å². The number of aromatic nitrogens is 1. The van der Waals surface area contributed by atoms with Crippen LogP contribution in [0.3, 0.4) is 0 Å². The molecule has 1 aliphatic rings. The minimum atomic E-state index is -0.516. The van der Waals surface area contributed by atoms with Gasteiger partial charge in [0, 0.05) is 24.9 Å². The summed E-state index contributed by atoms with van der Waals surface area (Å²) < 4.78 is 12.4. The van der Waals surface area contributed by atoms with Crippen molar-refractivity contribution < 1.29 is 14.3 Å². The SMILES string of the molecule is CCOC1(c2ccc(Br)nc2)CCCN(C(=O)OC(C)(C)C)C1. The van der Waals surface area contributed by atoms with Gasteiger partial charge in [-0.05, 0) is 62.5 Å². The summed E-state index contributed by atoms with van der Waals surface area (Å²) in [6, 6.07) is 3.91. The molecular weight excluding hydrogens is 360 g/mol. The average molecular weight is 385 g/mol. The molecule has 0 N–H and O–H groups in total. The maximum Gasteiger partial charge on any atom is 0.410 e. The van der Waals surface area contributed by atoms with E-state index in [1.54, 1.807) is 4.90 Å². The van der Waals surface area contributed by atoms with Crippen LogP contribution in [0.25, 0.3) is 0 Å². The molecule has 1 fully saturated rings. The molecule has 1 aromatic heterocycles. The molecular formula is C17H25BrN2O3. The van der Waals surface area contributed by atoms with Crippen LogP contribution in [0.5, 0.6) is 0 Å². The molecule has 2 rings (SSSR count). The van der Waals surface area contributed by atoms with Crippen LogP contribution in [0.1, 0.15) is 46.1 Å².